The first-order valence-corrected chi connectivity index (χ1v) is 11.2. The highest BCUT2D eigenvalue weighted by Crippen LogP contribution is 2.31. The number of rotatable bonds is 6. The van der Waals surface area contributed by atoms with Crippen LogP contribution in [-0.2, 0) is 16.1 Å². The molecule has 1 aliphatic heterocycles. The van der Waals surface area contributed by atoms with Crippen molar-refractivity contribution in [2.24, 2.45) is 11.8 Å². The van der Waals surface area contributed by atoms with Crippen molar-refractivity contribution in [2.45, 2.75) is 32.2 Å². The van der Waals surface area contributed by atoms with E-state index in [-0.39, 0.29) is 5.91 Å². The summed E-state index contributed by atoms with van der Waals surface area (Å²) in [6.45, 7) is 4.97. The third-order valence-electron chi connectivity index (χ3n) is 6.54. The molecule has 164 valence electrons. The Morgan fingerprint density at radius 3 is 2.16 bits per heavy atom. The van der Waals surface area contributed by atoms with E-state index in [1.807, 2.05) is 30.3 Å². The number of carboxylic acids is 1. The Morgan fingerprint density at radius 1 is 0.871 bits per heavy atom. The van der Waals surface area contributed by atoms with E-state index < -0.39 is 17.8 Å². The molecule has 0 radical (unpaired) electrons. The molecule has 1 saturated heterocycles. The van der Waals surface area contributed by atoms with Crippen molar-refractivity contribution in [1.29, 1.82) is 0 Å². The summed E-state index contributed by atoms with van der Waals surface area (Å²) in [4.78, 5) is 29.0. The summed E-state index contributed by atoms with van der Waals surface area (Å²) in [5.74, 6) is -2.04. The van der Waals surface area contributed by atoms with Crippen LogP contribution in [0.25, 0.3) is 0 Å². The van der Waals surface area contributed by atoms with Gasteiger partial charge in [-0.1, -0.05) is 43.2 Å². The minimum absolute atomic E-state index is 0.172. The fourth-order valence-corrected chi connectivity index (χ4v) is 4.74. The molecule has 2 N–H and O–H groups in total. The van der Waals surface area contributed by atoms with Gasteiger partial charge < -0.3 is 15.3 Å². The Kier molecular flexibility index (Phi) is 6.87. The van der Waals surface area contributed by atoms with Crippen molar-refractivity contribution in [1.82, 2.24) is 4.90 Å². The fraction of sp³-hybridized carbons (Fsp3) is 0.440. The summed E-state index contributed by atoms with van der Waals surface area (Å²) in [6.07, 6.45) is 3.03. The molecule has 1 amide bonds. The maximum absolute atomic E-state index is 12.7. The third kappa shape index (κ3) is 5.44. The van der Waals surface area contributed by atoms with Crippen LogP contribution in [0.3, 0.4) is 0 Å². The number of hydrogen-bond donors (Lipinski definition) is 2. The Labute approximate surface area is 183 Å². The van der Waals surface area contributed by atoms with Gasteiger partial charge in [0.2, 0.25) is 5.91 Å². The standard InChI is InChI=1S/C25H31N3O3/c29-24(22-8-4-5-9-23(22)25(30)31)26-20-10-12-21(13-11-20)28-16-14-27(15-17-28)18-19-6-2-1-3-7-19/h1-3,6-7,10-13,22-23H,4-5,8-9,14-18H2,(H,26,29)(H,30,31). The number of benzene rings is 2. The maximum Gasteiger partial charge on any atom is 0.307 e. The summed E-state index contributed by atoms with van der Waals surface area (Å²) in [5, 5.41) is 12.3. The van der Waals surface area contributed by atoms with E-state index in [1.54, 1.807) is 0 Å². The number of anilines is 2. The summed E-state index contributed by atoms with van der Waals surface area (Å²) in [6, 6.07) is 18.5. The number of piperazine rings is 1. The van der Waals surface area contributed by atoms with Crippen LogP contribution in [0.1, 0.15) is 31.2 Å². The molecule has 0 bridgehead atoms. The monoisotopic (exact) mass is 421 g/mol. The molecule has 6 nitrogen and oxygen atoms in total. The normalized spacial score (nSPS) is 22.1. The van der Waals surface area contributed by atoms with Crippen molar-refractivity contribution in [3.63, 3.8) is 0 Å². The molecule has 2 aromatic carbocycles. The zero-order valence-corrected chi connectivity index (χ0v) is 17.9. The molecule has 31 heavy (non-hydrogen) atoms. The number of nitrogens with zero attached hydrogens (tertiary/aromatic N) is 2. The van der Waals surface area contributed by atoms with E-state index in [4.69, 9.17) is 0 Å². The van der Waals surface area contributed by atoms with Gasteiger partial charge in [0.1, 0.15) is 0 Å². The Bertz CT molecular complexity index is 877. The van der Waals surface area contributed by atoms with Crippen molar-refractivity contribution in [2.75, 3.05) is 36.4 Å². The van der Waals surface area contributed by atoms with Gasteiger partial charge in [0.05, 0.1) is 11.8 Å². The molecular weight excluding hydrogens is 390 g/mol. The van der Waals surface area contributed by atoms with Crippen LogP contribution in [-0.4, -0.2) is 48.1 Å². The average Bonchev–Trinajstić information content (AvgIpc) is 2.81. The molecule has 4 rings (SSSR count). The van der Waals surface area contributed by atoms with Gasteiger partial charge in [-0.2, -0.15) is 0 Å². The second-order valence-electron chi connectivity index (χ2n) is 8.62. The highest BCUT2D eigenvalue weighted by molar-refractivity contribution is 5.95. The minimum atomic E-state index is -0.860. The van der Waals surface area contributed by atoms with Crippen LogP contribution < -0.4 is 10.2 Å². The van der Waals surface area contributed by atoms with E-state index in [0.717, 1.165) is 56.9 Å². The molecule has 1 saturated carbocycles. The first-order valence-electron chi connectivity index (χ1n) is 11.2. The fourth-order valence-electron chi connectivity index (χ4n) is 4.74. The molecular formula is C25H31N3O3. The maximum atomic E-state index is 12.7. The van der Waals surface area contributed by atoms with E-state index >= 15 is 0 Å². The quantitative estimate of drug-likeness (QED) is 0.742. The molecule has 1 heterocycles. The molecule has 2 unspecified atom stereocenters. The van der Waals surface area contributed by atoms with Gasteiger partial charge in [-0.15, -0.1) is 0 Å². The van der Waals surface area contributed by atoms with E-state index in [1.165, 1.54) is 5.56 Å². The van der Waals surface area contributed by atoms with Gasteiger partial charge in [0.15, 0.2) is 0 Å². The zero-order valence-electron chi connectivity index (χ0n) is 17.9. The number of hydrogen-bond acceptors (Lipinski definition) is 4. The predicted octanol–water partition coefficient (Wildman–Crippen LogP) is 3.84. The summed E-state index contributed by atoms with van der Waals surface area (Å²) in [7, 11) is 0. The first kappa shape index (κ1) is 21.4. The van der Waals surface area contributed by atoms with Gasteiger partial charge in [-0.05, 0) is 42.7 Å². The van der Waals surface area contributed by atoms with Crippen molar-refractivity contribution in [3.8, 4) is 0 Å². The predicted molar refractivity (Wildman–Crippen MR) is 122 cm³/mol. The van der Waals surface area contributed by atoms with Crippen LogP contribution >= 0.6 is 0 Å². The van der Waals surface area contributed by atoms with Gasteiger partial charge in [-0.25, -0.2) is 0 Å². The van der Waals surface area contributed by atoms with E-state index in [9.17, 15) is 14.7 Å². The highest BCUT2D eigenvalue weighted by Gasteiger charge is 2.35. The Morgan fingerprint density at radius 2 is 1.52 bits per heavy atom. The second-order valence-corrected chi connectivity index (χ2v) is 8.62. The Hall–Kier alpha value is -2.86. The molecule has 6 heteroatoms. The zero-order chi connectivity index (χ0) is 21.6. The lowest BCUT2D eigenvalue weighted by Crippen LogP contribution is -2.45. The number of carbonyl (C=O) groups is 2. The van der Waals surface area contributed by atoms with Gasteiger partial charge >= 0.3 is 5.97 Å². The number of nitrogens with one attached hydrogen (secondary N) is 1. The topological polar surface area (TPSA) is 72.9 Å². The van der Waals surface area contributed by atoms with Crippen molar-refractivity contribution >= 4 is 23.3 Å². The summed E-state index contributed by atoms with van der Waals surface area (Å²) < 4.78 is 0. The molecule has 0 spiro atoms. The summed E-state index contributed by atoms with van der Waals surface area (Å²) >= 11 is 0. The smallest absolute Gasteiger partial charge is 0.307 e. The molecule has 1 aliphatic carbocycles. The SMILES string of the molecule is O=C(O)C1CCCCC1C(=O)Nc1ccc(N2CCN(Cc3ccccc3)CC2)cc1. The largest absolute Gasteiger partial charge is 0.481 e. The van der Waals surface area contributed by atoms with Crippen molar-refractivity contribution in [3.05, 3.63) is 60.2 Å². The third-order valence-corrected chi connectivity index (χ3v) is 6.54. The van der Waals surface area contributed by atoms with Crippen LogP contribution in [0.5, 0.6) is 0 Å². The molecule has 2 aromatic rings. The van der Waals surface area contributed by atoms with Gasteiger partial charge in [-0.3, -0.25) is 14.5 Å². The minimum Gasteiger partial charge on any atom is -0.481 e. The lowest BCUT2D eigenvalue weighted by atomic mass is 9.78. The van der Waals surface area contributed by atoms with Crippen LogP contribution in [0.15, 0.2) is 54.6 Å². The van der Waals surface area contributed by atoms with Crippen LogP contribution in [0.2, 0.25) is 0 Å². The van der Waals surface area contributed by atoms with Crippen molar-refractivity contribution < 1.29 is 14.7 Å². The van der Waals surface area contributed by atoms with E-state index in [0.29, 0.717) is 12.8 Å². The van der Waals surface area contributed by atoms with E-state index in [2.05, 4.69) is 39.4 Å². The number of carbonyl (C=O) groups excluding carboxylic acids is 1. The second kappa shape index (κ2) is 9.96. The molecule has 2 atom stereocenters. The van der Waals surface area contributed by atoms with Gasteiger partial charge in [0, 0.05) is 44.1 Å². The lowest BCUT2D eigenvalue weighted by molar-refractivity contribution is -0.147. The van der Waals surface area contributed by atoms with Gasteiger partial charge in [0.25, 0.3) is 0 Å². The Balaban J connectivity index is 1.29. The highest BCUT2D eigenvalue weighted by atomic mass is 16.4. The molecule has 2 aliphatic rings. The molecule has 0 aromatic heterocycles. The number of aliphatic carboxylic acids is 1. The van der Waals surface area contributed by atoms with Crippen LogP contribution in [0, 0.1) is 11.8 Å². The lowest BCUT2D eigenvalue weighted by Gasteiger charge is -2.36. The number of carboxylic acid groups (broad SMARTS) is 1. The first-order chi connectivity index (χ1) is 15.1. The average molecular weight is 422 g/mol. The summed E-state index contributed by atoms with van der Waals surface area (Å²) in [5.41, 5.74) is 3.23. The van der Waals surface area contributed by atoms with Crippen LogP contribution in [0.4, 0.5) is 11.4 Å². The molecule has 2 fully saturated rings. The number of amides is 1.